The molecule has 0 radical (unpaired) electrons. The Morgan fingerprint density at radius 3 is 2.62 bits per heavy atom. The number of fused-ring (bicyclic) bond motifs is 3. The molecule has 2 aromatic carbocycles. The minimum absolute atomic E-state index is 0.00718. The number of non-ortho nitro benzene ring substituents is 1. The van der Waals surface area contributed by atoms with Crippen LogP contribution in [0.2, 0.25) is 0 Å². The van der Waals surface area contributed by atoms with E-state index in [2.05, 4.69) is 29.2 Å². The molecule has 2 aromatic rings. The number of amides is 1. The number of nitro benzene ring substituents is 1. The van der Waals surface area contributed by atoms with Crippen LogP contribution in [0, 0.1) is 22.0 Å². The molecule has 7 heteroatoms. The van der Waals surface area contributed by atoms with E-state index in [-0.39, 0.29) is 28.5 Å². The topological polar surface area (TPSA) is 75.9 Å². The van der Waals surface area contributed by atoms with Gasteiger partial charge in [0.15, 0.2) is 0 Å². The summed E-state index contributed by atoms with van der Waals surface area (Å²) in [5.74, 6) is 0.544. The molecule has 0 bridgehead atoms. The summed E-state index contributed by atoms with van der Waals surface area (Å²) >= 11 is 0. The largest absolute Gasteiger partial charge is 0.377 e. The third kappa shape index (κ3) is 4.09. The van der Waals surface area contributed by atoms with Crippen molar-refractivity contribution in [2.24, 2.45) is 11.8 Å². The van der Waals surface area contributed by atoms with E-state index >= 15 is 0 Å². The summed E-state index contributed by atoms with van der Waals surface area (Å²) in [6, 6.07) is 15.6. The fourth-order valence-electron chi connectivity index (χ4n) is 5.55. The van der Waals surface area contributed by atoms with Crippen LogP contribution in [-0.2, 0) is 22.4 Å². The van der Waals surface area contributed by atoms with Crippen LogP contribution in [-0.4, -0.2) is 54.6 Å². The van der Waals surface area contributed by atoms with Gasteiger partial charge in [-0.2, -0.15) is 0 Å². The molecule has 3 aliphatic rings. The smallest absolute Gasteiger partial charge is 0.269 e. The molecule has 0 N–H and O–H groups in total. The first kappa shape index (κ1) is 20.9. The van der Waals surface area contributed by atoms with Gasteiger partial charge in [0.05, 0.1) is 30.1 Å². The number of piperidine rings is 1. The minimum atomic E-state index is -0.361. The Hall–Kier alpha value is -2.93. The SMILES string of the molecule is O=C(C1Cc2cc([N+](=O)[O-])ccc2N2CCOCC12)N1CCC(Cc2ccccc2)CC1. The Labute approximate surface area is 188 Å². The van der Waals surface area contributed by atoms with E-state index in [4.69, 9.17) is 4.74 Å². The Kier molecular flexibility index (Phi) is 5.83. The fourth-order valence-corrected chi connectivity index (χ4v) is 5.55. The van der Waals surface area contributed by atoms with Gasteiger partial charge in [-0.25, -0.2) is 0 Å². The average Bonchev–Trinajstić information content (AvgIpc) is 2.84. The standard InChI is InChI=1S/C25H29N3O4/c29-25(26-10-8-19(9-11-26)14-18-4-2-1-3-5-18)22-16-20-15-21(28(30)31)6-7-23(20)27-12-13-32-17-24(22)27/h1-7,15,19,22,24H,8-14,16-17H2. The summed E-state index contributed by atoms with van der Waals surface area (Å²) in [7, 11) is 0. The van der Waals surface area contributed by atoms with Crippen molar-refractivity contribution in [3.63, 3.8) is 0 Å². The molecule has 2 saturated heterocycles. The zero-order chi connectivity index (χ0) is 22.1. The summed E-state index contributed by atoms with van der Waals surface area (Å²) in [6.07, 6.45) is 3.62. The molecule has 0 aliphatic carbocycles. The maximum atomic E-state index is 13.6. The van der Waals surface area contributed by atoms with E-state index in [0.29, 0.717) is 32.1 Å². The second-order valence-corrected chi connectivity index (χ2v) is 9.17. The van der Waals surface area contributed by atoms with E-state index in [1.165, 1.54) is 5.56 Å². The van der Waals surface area contributed by atoms with E-state index < -0.39 is 0 Å². The average molecular weight is 436 g/mol. The predicted molar refractivity (Wildman–Crippen MR) is 122 cm³/mol. The van der Waals surface area contributed by atoms with Gasteiger partial charge in [-0.05, 0) is 48.8 Å². The molecule has 7 nitrogen and oxygen atoms in total. The van der Waals surface area contributed by atoms with Crippen molar-refractivity contribution in [3.05, 3.63) is 69.8 Å². The van der Waals surface area contributed by atoms with Crippen molar-refractivity contribution in [2.75, 3.05) is 37.7 Å². The van der Waals surface area contributed by atoms with Crippen LogP contribution < -0.4 is 4.90 Å². The monoisotopic (exact) mass is 435 g/mol. The first-order valence-electron chi connectivity index (χ1n) is 11.5. The number of nitro groups is 1. The Morgan fingerprint density at radius 1 is 1.09 bits per heavy atom. The highest BCUT2D eigenvalue weighted by molar-refractivity contribution is 5.82. The molecule has 5 rings (SSSR count). The number of anilines is 1. The molecular formula is C25H29N3O4. The molecule has 1 amide bonds. The lowest BCUT2D eigenvalue weighted by atomic mass is 9.83. The van der Waals surface area contributed by atoms with Crippen molar-refractivity contribution in [1.82, 2.24) is 4.90 Å². The van der Waals surface area contributed by atoms with E-state index in [1.807, 2.05) is 17.0 Å². The van der Waals surface area contributed by atoms with Crippen molar-refractivity contribution < 1.29 is 14.5 Å². The number of likely N-dealkylation sites (tertiary alicyclic amines) is 1. The number of rotatable bonds is 4. The van der Waals surface area contributed by atoms with Gasteiger partial charge < -0.3 is 14.5 Å². The second kappa shape index (κ2) is 8.90. The first-order chi connectivity index (χ1) is 15.6. The number of benzene rings is 2. The Morgan fingerprint density at radius 2 is 1.88 bits per heavy atom. The highest BCUT2D eigenvalue weighted by Crippen LogP contribution is 2.38. The Balaban J connectivity index is 1.30. The van der Waals surface area contributed by atoms with Gasteiger partial charge in [-0.1, -0.05) is 30.3 Å². The quantitative estimate of drug-likeness (QED) is 0.543. The van der Waals surface area contributed by atoms with Gasteiger partial charge in [0.25, 0.3) is 5.69 Å². The predicted octanol–water partition coefficient (Wildman–Crippen LogP) is 3.45. The van der Waals surface area contributed by atoms with Gasteiger partial charge >= 0.3 is 0 Å². The molecule has 3 aliphatic heterocycles. The lowest BCUT2D eigenvalue weighted by molar-refractivity contribution is -0.384. The lowest BCUT2D eigenvalue weighted by Gasteiger charge is -2.47. The van der Waals surface area contributed by atoms with Crippen LogP contribution in [0.25, 0.3) is 0 Å². The number of hydrogen-bond donors (Lipinski definition) is 0. The van der Waals surface area contributed by atoms with Crippen LogP contribution in [0.3, 0.4) is 0 Å². The van der Waals surface area contributed by atoms with E-state index in [1.54, 1.807) is 12.1 Å². The number of carbonyl (C=O) groups is 1. The number of hydrogen-bond acceptors (Lipinski definition) is 5. The Bertz CT molecular complexity index is 988. The van der Waals surface area contributed by atoms with Gasteiger partial charge in [0, 0.05) is 37.5 Å². The summed E-state index contributed by atoms with van der Waals surface area (Å²) in [5.41, 5.74) is 3.35. The van der Waals surface area contributed by atoms with Crippen molar-refractivity contribution in [3.8, 4) is 0 Å². The molecule has 32 heavy (non-hydrogen) atoms. The summed E-state index contributed by atoms with van der Waals surface area (Å²) in [5, 5.41) is 11.3. The lowest BCUT2D eigenvalue weighted by Crippen LogP contribution is -2.57. The molecule has 3 heterocycles. The summed E-state index contributed by atoms with van der Waals surface area (Å²) in [6.45, 7) is 3.40. The molecule has 2 atom stereocenters. The summed E-state index contributed by atoms with van der Waals surface area (Å²) < 4.78 is 5.75. The van der Waals surface area contributed by atoms with Crippen LogP contribution in [0.5, 0.6) is 0 Å². The van der Waals surface area contributed by atoms with Gasteiger partial charge in [0.1, 0.15) is 0 Å². The third-order valence-electron chi connectivity index (χ3n) is 7.26. The van der Waals surface area contributed by atoms with Crippen molar-refractivity contribution in [2.45, 2.75) is 31.7 Å². The van der Waals surface area contributed by atoms with Crippen LogP contribution in [0.15, 0.2) is 48.5 Å². The highest BCUT2D eigenvalue weighted by Gasteiger charge is 2.42. The second-order valence-electron chi connectivity index (χ2n) is 9.17. The number of carbonyl (C=O) groups excluding carboxylic acids is 1. The van der Waals surface area contributed by atoms with Crippen LogP contribution in [0.4, 0.5) is 11.4 Å². The highest BCUT2D eigenvalue weighted by atomic mass is 16.6. The third-order valence-corrected chi connectivity index (χ3v) is 7.26. The number of morpholine rings is 1. The minimum Gasteiger partial charge on any atom is -0.377 e. The maximum absolute atomic E-state index is 13.6. The first-order valence-corrected chi connectivity index (χ1v) is 11.5. The van der Waals surface area contributed by atoms with E-state index in [9.17, 15) is 14.9 Å². The zero-order valence-corrected chi connectivity index (χ0v) is 18.2. The maximum Gasteiger partial charge on any atom is 0.269 e. The van der Waals surface area contributed by atoms with Gasteiger partial charge in [-0.15, -0.1) is 0 Å². The normalized spacial score (nSPS) is 23.4. The van der Waals surface area contributed by atoms with Gasteiger partial charge in [-0.3, -0.25) is 14.9 Å². The molecule has 0 saturated carbocycles. The van der Waals surface area contributed by atoms with Crippen LogP contribution in [0.1, 0.15) is 24.0 Å². The molecule has 168 valence electrons. The molecule has 2 unspecified atom stereocenters. The zero-order valence-electron chi connectivity index (χ0n) is 18.2. The molecule has 2 fully saturated rings. The molecular weight excluding hydrogens is 406 g/mol. The number of ether oxygens (including phenoxy) is 1. The van der Waals surface area contributed by atoms with Crippen molar-refractivity contribution >= 4 is 17.3 Å². The summed E-state index contributed by atoms with van der Waals surface area (Å²) in [4.78, 5) is 28.8. The molecule has 0 aromatic heterocycles. The van der Waals surface area contributed by atoms with E-state index in [0.717, 1.165) is 43.6 Å². The van der Waals surface area contributed by atoms with Gasteiger partial charge in [0.2, 0.25) is 5.91 Å². The fraction of sp³-hybridized carbons (Fsp3) is 0.480. The number of nitrogens with zero attached hydrogens (tertiary/aromatic N) is 3. The van der Waals surface area contributed by atoms with Crippen LogP contribution >= 0.6 is 0 Å². The molecule has 0 spiro atoms. The van der Waals surface area contributed by atoms with Crippen molar-refractivity contribution in [1.29, 1.82) is 0 Å².